The first kappa shape index (κ1) is 18.9. The first-order valence-electron chi connectivity index (χ1n) is 8.60. The van der Waals surface area contributed by atoms with Gasteiger partial charge in [0.15, 0.2) is 0 Å². The van der Waals surface area contributed by atoms with Crippen molar-refractivity contribution >= 4 is 27.6 Å². The van der Waals surface area contributed by atoms with Gasteiger partial charge in [0.1, 0.15) is 0 Å². The minimum Gasteiger partial charge on any atom is -0.462 e. The van der Waals surface area contributed by atoms with Crippen molar-refractivity contribution in [2.45, 2.75) is 30.7 Å². The summed E-state index contributed by atoms with van der Waals surface area (Å²) in [5.41, 5.74) is 0.498. The number of carbonyl (C=O) groups excluding carboxylic acids is 2. The third-order valence-electron chi connectivity index (χ3n) is 3.99. The lowest BCUT2D eigenvalue weighted by Gasteiger charge is -2.12. The van der Waals surface area contributed by atoms with Crippen LogP contribution >= 0.6 is 0 Å². The summed E-state index contributed by atoms with van der Waals surface area (Å²) >= 11 is 0. The van der Waals surface area contributed by atoms with Crippen molar-refractivity contribution in [2.75, 3.05) is 11.3 Å². The van der Waals surface area contributed by atoms with E-state index >= 15 is 0 Å². The van der Waals surface area contributed by atoms with Crippen LogP contribution in [0.2, 0.25) is 0 Å². The second-order valence-corrected chi connectivity index (χ2v) is 7.83. The van der Waals surface area contributed by atoms with E-state index in [4.69, 9.17) is 4.74 Å². The Balaban J connectivity index is 1.85. The van der Waals surface area contributed by atoms with Gasteiger partial charge in [-0.2, -0.15) is 0 Å². The Labute approximate surface area is 157 Å². The molecule has 0 atom stereocenters. The molecule has 2 N–H and O–H groups in total. The van der Waals surface area contributed by atoms with Gasteiger partial charge in [0, 0.05) is 11.6 Å². The molecule has 0 heterocycles. The van der Waals surface area contributed by atoms with Crippen molar-refractivity contribution in [1.29, 1.82) is 0 Å². The Morgan fingerprint density at radius 1 is 1.11 bits per heavy atom. The minimum atomic E-state index is -3.99. The smallest absolute Gasteiger partial charge is 0.340 e. The average Bonchev–Trinajstić information content (AvgIpc) is 3.46. The largest absolute Gasteiger partial charge is 0.462 e. The molecule has 8 heteroatoms. The fourth-order valence-corrected chi connectivity index (χ4v) is 3.59. The Morgan fingerprint density at radius 2 is 1.85 bits per heavy atom. The quantitative estimate of drug-likeness (QED) is 0.710. The molecule has 27 heavy (non-hydrogen) atoms. The highest BCUT2D eigenvalue weighted by molar-refractivity contribution is 7.92. The molecule has 1 fully saturated rings. The zero-order valence-corrected chi connectivity index (χ0v) is 15.6. The maximum atomic E-state index is 12.7. The van der Waals surface area contributed by atoms with Gasteiger partial charge in [-0.1, -0.05) is 18.2 Å². The number of amides is 1. The molecule has 0 unspecified atom stereocenters. The van der Waals surface area contributed by atoms with E-state index in [1.165, 1.54) is 30.3 Å². The Hall–Kier alpha value is -2.87. The number of hydrogen-bond acceptors (Lipinski definition) is 5. The van der Waals surface area contributed by atoms with Crippen molar-refractivity contribution in [2.24, 2.45) is 0 Å². The number of carbonyl (C=O) groups is 2. The maximum absolute atomic E-state index is 12.7. The summed E-state index contributed by atoms with van der Waals surface area (Å²) in [6, 6.07) is 12.1. The molecule has 142 valence electrons. The first-order valence-corrected chi connectivity index (χ1v) is 10.1. The lowest BCUT2D eigenvalue weighted by molar-refractivity contribution is 0.0527. The molecule has 0 saturated heterocycles. The van der Waals surface area contributed by atoms with Crippen LogP contribution in [0.4, 0.5) is 5.69 Å². The number of ether oxygens (including phenoxy) is 1. The Bertz CT molecular complexity index is 968. The van der Waals surface area contributed by atoms with E-state index in [0.717, 1.165) is 12.8 Å². The molecule has 3 rings (SSSR count). The fraction of sp³-hybridized carbons (Fsp3) is 0.263. The Kier molecular flexibility index (Phi) is 5.46. The monoisotopic (exact) mass is 388 g/mol. The molecule has 0 radical (unpaired) electrons. The van der Waals surface area contributed by atoms with Gasteiger partial charge in [-0.05, 0) is 50.1 Å². The molecule has 7 nitrogen and oxygen atoms in total. The molecular weight excluding hydrogens is 368 g/mol. The SMILES string of the molecule is CCOC(=O)c1ccccc1NS(=O)(=O)c1cccc(C(=O)NC2CC2)c1. The molecule has 2 aromatic carbocycles. The number of nitrogens with one attached hydrogen (secondary N) is 2. The molecule has 0 bridgehead atoms. The molecular formula is C19H20N2O5S. The first-order chi connectivity index (χ1) is 12.9. The van der Waals surface area contributed by atoms with E-state index in [-0.39, 0.29) is 40.3 Å². The van der Waals surface area contributed by atoms with Gasteiger partial charge in [0.2, 0.25) is 0 Å². The van der Waals surface area contributed by atoms with Crippen molar-refractivity contribution in [1.82, 2.24) is 5.32 Å². The van der Waals surface area contributed by atoms with Gasteiger partial charge in [-0.15, -0.1) is 0 Å². The lowest BCUT2D eigenvalue weighted by Crippen LogP contribution is -2.25. The lowest BCUT2D eigenvalue weighted by atomic mass is 10.2. The van der Waals surface area contributed by atoms with E-state index in [9.17, 15) is 18.0 Å². The number of anilines is 1. The van der Waals surface area contributed by atoms with Gasteiger partial charge in [0.05, 0.1) is 22.8 Å². The highest BCUT2D eigenvalue weighted by Gasteiger charge is 2.25. The van der Waals surface area contributed by atoms with Gasteiger partial charge in [-0.3, -0.25) is 9.52 Å². The molecule has 2 aromatic rings. The number of rotatable bonds is 7. The standard InChI is InChI=1S/C19H20N2O5S/c1-2-26-19(23)16-8-3-4-9-17(16)21-27(24,25)15-7-5-6-13(12-15)18(22)20-14-10-11-14/h3-9,12,14,21H,2,10-11H2,1H3,(H,20,22). The van der Waals surface area contributed by atoms with Crippen molar-refractivity contribution in [3.63, 3.8) is 0 Å². The summed E-state index contributed by atoms with van der Waals surface area (Å²) < 4.78 is 32.9. The number of benzene rings is 2. The van der Waals surface area contributed by atoms with Crippen LogP contribution in [-0.2, 0) is 14.8 Å². The Morgan fingerprint density at radius 3 is 2.56 bits per heavy atom. The van der Waals surface area contributed by atoms with Crippen LogP contribution in [0.25, 0.3) is 0 Å². The van der Waals surface area contributed by atoms with Crippen LogP contribution in [0, 0.1) is 0 Å². The van der Waals surface area contributed by atoms with E-state index in [0.29, 0.717) is 0 Å². The van der Waals surface area contributed by atoms with Crippen LogP contribution in [0.3, 0.4) is 0 Å². The zero-order valence-electron chi connectivity index (χ0n) is 14.8. The van der Waals surface area contributed by atoms with Crippen LogP contribution in [0.15, 0.2) is 53.4 Å². The maximum Gasteiger partial charge on any atom is 0.340 e. The molecule has 1 aliphatic rings. The van der Waals surface area contributed by atoms with Gasteiger partial charge < -0.3 is 10.1 Å². The summed E-state index contributed by atoms with van der Waals surface area (Å²) in [5, 5.41) is 2.82. The van der Waals surface area contributed by atoms with E-state index in [1.807, 2.05) is 0 Å². The van der Waals surface area contributed by atoms with Crippen LogP contribution in [-0.4, -0.2) is 32.9 Å². The molecule has 1 aliphatic carbocycles. The number of para-hydroxylation sites is 1. The van der Waals surface area contributed by atoms with Crippen LogP contribution < -0.4 is 10.0 Å². The van der Waals surface area contributed by atoms with Crippen molar-refractivity contribution in [3.8, 4) is 0 Å². The zero-order chi connectivity index (χ0) is 19.4. The predicted molar refractivity (Wildman–Crippen MR) is 100 cm³/mol. The number of hydrogen-bond donors (Lipinski definition) is 2. The van der Waals surface area contributed by atoms with Crippen molar-refractivity contribution < 1.29 is 22.7 Å². The van der Waals surface area contributed by atoms with E-state index < -0.39 is 16.0 Å². The summed E-state index contributed by atoms with van der Waals surface area (Å²) in [4.78, 5) is 24.1. The second kappa shape index (κ2) is 7.79. The molecule has 0 aliphatic heterocycles. The third kappa shape index (κ3) is 4.65. The highest BCUT2D eigenvalue weighted by atomic mass is 32.2. The summed E-state index contributed by atoms with van der Waals surface area (Å²) in [7, 11) is -3.99. The molecule has 1 amide bonds. The summed E-state index contributed by atoms with van der Waals surface area (Å²) in [6.45, 7) is 1.85. The van der Waals surface area contributed by atoms with Gasteiger partial charge in [0.25, 0.3) is 15.9 Å². The average molecular weight is 388 g/mol. The fourth-order valence-electron chi connectivity index (χ4n) is 2.46. The number of sulfonamides is 1. The number of esters is 1. The van der Waals surface area contributed by atoms with Gasteiger partial charge in [-0.25, -0.2) is 13.2 Å². The van der Waals surface area contributed by atoms with Crippen LogP contribution in [0.1, 0.15) is 40.5 Å². The normalized spacial score (nSPS) is 13.7. The minimum absolute atomic E-state index is 0.0652. The summed E-state index contributed by atoms with van der Waals surface area (Å²) in [5.74, 6) is -0.921. The highest BCUT2D eigenvalue weighted by Crippen LogP contribution is 2.23. The third-order valence-corrected chi connectivity index (χ3v) is 5.35. The van der Waals surface area contributed by atoms with Crippen molar-refractivity contribution in [3.05, 3.63) is 59.7 Å². The predicted octanol–water partition coefficient (Wildman–Crippen LogP) is 2.56. The molecule has 1 saturated carbocycles. The molecule has 0 spiro atoms. The van der Waals surface area contributed by atoms with E-state index in [1.54, 1.807) is 25.1 Å². The van der Waals surface area contributed by atoms with Gasteiger partial charge >= 0.3 is 5.97 Å². The van der Waals surface area contributed by atoms with E-state index in [2.05, 4.69) is 10.0 Å². The summed E-state index contributed by atoms with van der Waals surface area (Å²) in [6.07, 6.45) is 1.88. The van der Waals surface area contributed by atoms with Crippen LogP contribution in [0.5, 0.6) is 0 Å². The molecule has 0 aromatic heterocycles. The topological polar surface area (TPSA) is 102 Å². The second-order valence-electron chi connectivity index (χ2n) is 6.15.